The Balaban J connectivity index is 3.20. The molecule has 0 rings (SSSR count). The molecule has 0 saturated heterocycles. The smallest absolute Gasteiger partial charge is 0.335 e. The predicted octanol–water partition coefficient (Wildman–Crippen LogP) is 7.34. The van der Waals surface area contributed by atoms with E-state index in [4.69, 9.17) is 9.84 Å². The molecule has 0 fully saturated rings. The topological polar surface area (TPSA) is 63.6 Å². The SMILES string of the molecule is CCCCCCCCCCCCCCCCCCC=COC(=O)C=CC(=O)O. The summed E-state index contributed by atoms with van der Waals surface area (Å²) in [6.07, 6.45) is 27.4. The molecule has 0 radical (unpaired) electrons. The number of carboxylic acid groups (broad SMARTS) is 1. The molecular weight excluding hydrogens is 352 g/mol. The van der Waals surface area contributed by atoms with Gasteiger partial charge in [-0.15, -0.1) is 0 Å². The van der Waals surface area contributed by atoms with Gasteiger partial charge in [0.25, 0.3) is 0 Å². The molecular formula is C24H42O4. The Morgan fingerprint density at radius 2 is 1.11 bits per heavy atom. The lowest BCUT2D eigenvalue weighted by Crippen LogP contribution is -1.96. The van der Waals surface area contributed by atoms with Gasteiger partial charge in [0.2, 0.25) is 0 Å². The number of hydrogen-bond acceptors (Lipinski definition) is 3. The molecule has 0 atom stereocenters. The van der Waals surface area contributed by atoms with Crippen molar-refractivity contribution in [2.45, 2.75) is 116 Å². The Kier molecular flexibility index (Phi) is 20.5. The van der Waals surface area contributed by atoms with Crippen LogP contribution >= 0.6 is 0 Å². The van der Waals surface area contributed by atoms with Crippen LogP contribution in [0.25, 0.3) is 0 Å². The van der Waals surface area contributed by atoms with Crippen molar-refractivity contribution in [2.24, 2.45) is 0 Å². The monoisotopic (exact) mass is 394 g/mol. The maximum atomic E-state index is 11.1. The highest BCUT2D eigenvalue weighted by Crippen LogP contribution is 2.14. The molecule has 0 aliphatic heterocycles. The van der Waals surface area contributed by atoms with E-state index in [1.54, 1.807) is 0 Å². The van der Waals surface area contributed by atoms with Crippen molar-refractivity contribution in [3.8, 4) is 0 Å². The van der Waals surface area contributed by atoms with Gasteiger partial charge < -0.3 is 9.84 Å². The van der Waals surface area contributed by atoms with Crippen LogP contribution in [-0.2, 0) is 14.3 Å². The fourth-order valence-electron chi connectivity index (χ4n) is 3.17. The van der Waals surface area contributed by atoms with Gasteiger partial charge in [0.1, 0.15) is 0 Å². The van der Waals surface area contributed by atoms with E-state index in [2.05, 4.69) is 6.92 Å². The number of carbonyl (C=O) groups is 2. The molecule has 28 heavy (non-hydrogen) atoms. The average Bonchev–Trinajstić information content (AvgIpc) is 2.68. The molecule has 0 heterocycles. The normalized spacial score (nSPS) is 11.5. The molecule has 162 valence electrons. The predicted molar refractivity (Wildman–Crippen MR) is 116 cm³/mol. The van der Waals surface area contributed by atoms with E-state index in [1.807, 2.05) is 6.08 Å². The van der Waals surface area contributed by atoms with Gasteiger partial charge in [0, 0.05) is 12.2 Å². The first-order valence-electron chi connectivity index (χ1n) is 11.4. The largest absolute Gasteiger partial charge is 0.478 e. The molecule has 0 bridgehead atoms. The maximum absolute atomic E-state index is 11.1. The Morgan fingerprint density at radius 1 is 0.679 bits per heavy atom. The van der Waals surface area contributed by atoms with Crippen LogP contribution in [0.15, 0.2) is 24.5 Å². The van der Waals surface area contributed by atoms with Crippen molar-refractivity contribution in [2.75, 3.05) is 0 Å². The number of esters is 1. The Labute approximate surface area is 172 Å². The second kappa shape index (κ2) is 21.7. The third-order valence-corrected chi connectivity index (χ3v) is 4.87. The first-order chi connectivity index (χ1) is 13.7. The van der Waals surface area contributed by atoms with Crippen molar-refractivity contribution in [1.29, 1.82) is 0 Å². The molecule has 0 aromatic heterocycles. The van der Waals surface area contributed by atoms with E-state index < -0.39 is 11.9 Å². The van der Waals surface area contributed by atoms with Crippen molar-refractivity contribution < 1.29 is 19.4 Å². The van der Waals surface area contributed by atoms with Crippen LogP contribution in [0.3, 0.4) is 0 Å². The molecule has 4 nitrogen and oxygen atoms in total. The Bertz CT molecular complexity index is 426. The van der Waals surface area contributed by atoms with E-state index in [0.29, 0.717) is 0 Å². The van der Waals surface area contributed by atoms with Crippen molar-refractivity contribution in [3.63, 3.8) is 0 Å². The van der Waals surface area contributed by atoms with Gasteiger partial charge >= 0.3 is 11.9 Å². The third kappa shape index (κ3) is 22.5. The zero-order valence-electron chi connectivity index (χ0n) is 18.0. The molecule has 0 aliphatic carbocycles. The Hall–Kier alpha value is -1.58. The van der Waals surface area contributed by atoms with E-state index in [1.165, 1.54) is 103 Å². The number of unbranched alkanes of at least 4 members (excludes halogenated alkanes) is 16. The summed E-state index contributed by atoms with van der Waals surface area (Å²) in [5, 5.41) is 8.38. The number of carboxylic acids is 1. The molecule has 0 amide bonds. The van der Waals surface area contributed by atoms with Crippen molar-refractivity contribution in [3.05, 3.63) is 24.5 Å². The summed E-state index contributed by atoms with van der Waals surface area (Å²) in [6, 6.07) is 0. The van der Waals surface area contributed by atoms with Gasteiger partial charge in [-0.1, -0.05) is 103 Å². The zero-order valence-corrected chi connectivity index (χ0v) is 18.0. The minimum Gasteiger partial charge on any atom is -0.478 e. The van der Waals surface area contributed by atoms with E-state index in [-0.39, 0.29) is 0 Å². The lowest BCUT2D eigenvalue weighted by molar-refractivity contribution is -0.134. The average molecular weight is 395 g/mol. The van der Waals surface area contributed by atoms with Gasteiger partial charge in [-0.3, -0.25) is 0 Å². The standard InChI is InChI=1S/C24H42O4/c1-2-3-4-5-6-7-8-9-10-11-12-13-14-15-16-17-18-19-22-28-24(27)21-20-23(25)26/h19-22H,2-18H2,1H3,(H,25,26). The summed E-state index contributed by atoms with van der Waals surface area (Å²) in [5.74, 6) is -1.82. The minimum absolute atomic E-state index is 0.661. The second-order valence-corrected chi connectivity index (χ2v) is 7.57. The molecule has 0 unspecified atom stereocenters. The molecule has 1 N–H and O–H groups in total. The summed E-state index contributed by atoms with van der Waals surface area (Å²) in [7, 11) is 0. The zero-order chi connectivity index (χ0) is 20.7. The highest BCUT2D eigenvalue weighted by atomic mass is 16.5. The van der Waals surface area contributed by atoms with E-state index in [9.17, 15) is 9.59 Å². The number of ether oxygens (including phenoxy) is 1. The second-order valence-electron chi connectivity index (χ2n) is 7.57. The summed E-state index contributed by atoms with van der Waals surface area (Å²) in [5.41, 5.74) is 0. The fourth-order valence-corrected chi connectivity index (χ4v) is 3.17. The van der Waals surface area contributed by atoms with Gasteiger partial charge in [-0.25, -0.2) is 9.59 Å². The van der Waals surface area contributed by atoms with E-state index >= 15 is 0 Å². The molecule has 4 heteroatoms. The Morgan fingerprint density at radius 3 is 1.54 bits per heavy atom. The lowest BCUT2D eigenvalue weighted by atomic mass is 10.0. The first kappa shape index (κ1) is 26.4. The van der Waals surface area contributed by atoms with Gasteiger partial charge in [-0.2, -0.15) is 0 Å². The number of hydrogen-bond donors (Lipinski definition) is 1. The van der Waals surface area contributed by atoms with Crippen LogP contribution < -0.4 is 0 Å². The van der Waals surface area contributed by atoms with Crippen molar-refractivity contribution in [1.82, 2.24) is 0 Å². The summed E-state index contributed by atoms with van der Waals surface area (Å²) in [6.45, 7) is 2.27. The highest BCUT2D eigenvalue weighted by molar-refractivity contribution is 5.90. The van der Waals surface area contributed by atoms with Crippen LogP contribution in [0.5, 0.6) is 0 Å². The molecule has 0 aromatic carbocycles. The van der Waals surface area contributed by atoms with Crippen LogP contribution in [0.1, 0.15) is 116 Å². The van der Waals surface area contributed by atoms with Crippen LogP contribution in [0.2, 0.25) is 0 Å². The number of carbonyl (C=O) groups excluding carboxylic acids is 1. The third-order valence-electron chi connectivity index (χ3n) is 4.87. The van der Waals surface area contributed by atoms with E-state index in [0.717, 1.165) is 25.0 Å². The summed E-state index contributed by atoms with van der Waals surface area (Å²) < 4.78 is 4.75. The van der Waals surface area contributed by atoms with Gasteiger partial charge in [-0.05, 0) is 18.9 Å². The quantitative estimate of drug-likeness (QED) is 0.102. The van der Waals surface area contributed by atoms with Crippen LogP contribution in [0, 0.1) is 0 Å². The van der Waals surface area contributed by atoms with Gasteiger partial charge in [0.15, 0.2) is 0 Å². The fraction of sp³-hybridized carbons (Fsp3) is 0.750. The lowest BCUT2D eigenvalue weighted by Gasteiger charge is -2.03. The summed E-state index contributed by atoms with van der Waals surface area (Å²) >= 11 is 0. The first-order valence-corrected chi connectivity index (χ1v) is 11.4. The highest BCUT2D eigenvalue weighted by Gasteiger charge is 1.96. The number of aliphatic carboxylic acids is 1. The number of rotatable bonds is 20. The van der Waals surface area contributed by atoms with Crippen molar-refractivity contribution >= 4 is 11.9 Å². The van der Waals surface area contributed by atoms with Crippen LogP contribution in [-0.4, -0.2) is 17.0 Å². The van der Waals surface area contributed by atoms with Gasteiger partial charge in [0.05, 0.1) is 6.26 Å². The molecule has 0 spiro atoms. The summed E-state index contributed by atoms with van der Waals surface area (Å²) in [4.78, 5) is 21.3. The molecule has 0 aliphatic rings. The maximum Gasteiger partial charge on any atom is 0.335 e. The molecule has 0 saturated carbocycles. The van der Waals surface area contributed by atoms with Crippen LogP contribution in [0.4, 0.5) is 0 Å². The number of allylic oxidation sites excluding steroid dienone is 1. The molecule has 0 aromatic rings. The minimum atomic E-state index is -1.16.